The number of benzene rings is 3. The predicted molar refractivity (Wildman–Crippen MR) is 156 cm³/mol. The van der Waals surface area contributed by atoms with Crippen molar-refractivity contribution in [2.75, 3.05) is 0 Å². The minimum absolute atomic E-state index is 0.0482. The lowest BCUT2D eigenvalue weighted by molar-refractivity contribution is -0.123. The number of piperidine rings is 1. The number of carbonyl (C=O) groups is 2. The van der Waals surface area contributed by atoms with Gasteiger partial charge in [-0.1, -0.05) is 44.2 Å². The van der Waals surface area contributed by atoms with Crippen LogP contribution in [0.3, 0.4) is 0 Å². The standard InChI is InChI=1S/C33H36N4O3/c1-21(2)16-31(22-6-4-3-5-7-22)37-30-15-10-24(33(34)39)17-29(30)32(35-37)23-8-13-27(14-9-23)40-28-18-25-11-12-26(19-28)36(25)20-38/h3-10,13-15,17,20-21,25-26,28,31H,11-12,16,18-19H2,1-2H3,(H2,34,39). The van der Waals surface area contributed by atoms with Gasteiger partial charge in [0.2, 0.25) is 12.3 Å². The summed E-state index contributed by atoms with van der Waals surface area (Å²) in [6.45, 7) is 4.45. The smallest absolute Gasteiger partial charge is 0.248 e. The highest BCUT2D eigenvalue weighted by Crippen LogP contribution is 2.38. The van der Waals surface area contributed by atoms with Gasteiger partial charge in [0, 0.05) is 41.4 Å². The van der Waals surface area contributed by atoms with Crippen molar-refractivity contribution in [3.63, 3.8) is 0 Å². The number of carbonyl (C=O) groups excluding carboxylic acids is 2. The Hall–Kier alpha value is -4.13. The number of fused-ring (bicyclic) bond motifs is 3. The maximum Gasteiger partial charge on any atom is 0.248 e. The first-order valence-corrected chi connectivity index (χ1v) is 14.3. The Balaban J connectivity index is 1.34. The van der Waals surface area contributed by atoms with E-state index >= 15 is 0 Å². The van der Waals surface area contributed by atoms with Crippen LogP contribution in [0.4, 0.5) is 0 Å². The Labute approximate surface area is 234 Å². The Kier molecular flexibility index (Phi) is 7.05. The molecule has 0 saturated carbocycles. The lowest BCUT2D eigenvalue weighted by Crippen LogP contribution is -2.45. The number of nitrogens with zero attached hydrogens (tertiary/aromatic N) is 3. The molecule has 7 nitrogen and oxygen atoms in total. The molecule has 0 spiro atoms. The summed E-state index contributed by atoms with van der Waals surface area (Å²) in [7, 11) is 0. The number of amides is 2. The van der Waals surface area contributed by atoms with Crippen molar-refractivity contribution in [2.24, 2.45) is 11.7 Å². The van der Waals surface area contributed by atoms with Gasteiger partial charge in [-0.25, -0.2) is 0 Å². The van der Waals surface area contributed by atoms with Crippen molar-refractivity contribution < 1.29 is 14.3 Å². The van der Waals surface area contributed by atoms with E-state index < -0.39 is 5.91 Å². The number of nitrogens with two attached hydrogens (primary N) is 1. The summed E-state index contributed by atoms with van der Waals surface area (Å²) in [5.74, 6) is 0.819. The summed E-state index contributed by atoms with van der Waals surface area (Å²) in [6, 6.07) is 24.7. The second-order valence-corrected chi connectivity index (χ2v) is 11.6. The molecule has 2 aliphatic heterocycles. The molecule has 3 heterocycles. The molecule has 2 N–H and O–H groups in total. The second-order valence-electron chi connectivity index (χ2n) is 11.6. The second kappa shape index (κ2) is 10.8. The van der Waals surface area contributed by atoms with Gasteiger partial charge >= 0.3 is 0 Å². The molecule has 4 aromatic rings. The largest absolute Gasteiger partial charge is 0.490 e. The monoisotopic (exact) mass is 536 g/mol. The molecule has 40 heavy (non-hydrogen) atoms. The molecule has 0 aliphatic carbocycles. The third kappa shape index (κ3) is 4.96. The summed E-state index contributed by atoms with van der Waals surface area (Å²) < 4.78 is 8.48. The van der Waals surface area contributed by atoms with Crippen LogP contribution in [0.15, 0.2) is 72.8 Å². The van der Waals surface area contributed by atoms with Gasteiger partial charge in [-0.2, -0.15) is 5.10 Å². The van der Waals surface area contributed by atoms with Crippen LogP contribution in [0.5, 0.6) is 5.75 Å². The molecular weight excluding hydrogens is 500 g/mol. The molecule has 0 radical (unpaired) electrons. The third-order valence-corrected chi connectivity index (χ3v) is 8.46. The van der Waals surface area contributed by atoms with E-state index in [0.717, 1.165) is 66.4 Å². The van der Waals surface area contributed by atoms with Crippen LogP contribution in [-0.4, -0.2) is 45.2 Å². The van der Waals surface area contributed by atoms with Gasteiger partial charge in [0.15, 0.2) is 0 Å². The van der Waals surface area contributed by atoms with E-state index in [2.05, 4.69) is 42.8 Å². The first-order valence-electron chi connectivity index (χ1n) is 14.3. The summed E-state index contributed by atoms with van der Waals surface area (Å²) >= 11 is 0. The number of rotatable bonds is 9. The molecule has 6 rings (SSSR count). The van der Waals surface area contributed by atoms with Crippen molar-refractivity contribution in [3.8, 4) is 17.0 Å². The van der Waals surface area contributed by atoms with Crippen LogP contribution in [0.2, 0.25) is 0 Å². The third-order valence-electron chi connectivity index (χ3n) is 8.46. The van der Waals surface area contributed by atoms with Crippen LogP contribution < -0.4 is 10.5 Å². The van der Waals surface area contributed by atoms with Crippen molar-refractivity contribution in [2.45, 2.75) is 70.2 Å². The van der Waals surface area contributed by atoms with E-state index in [0.29, 0.717) is 23.6 Å². The molecule has 3 unspecified atom stereocenters. The molecule has 3 aromatic carbocycles. The molecule has 7 heteroatoms. The van der Waals surface area contributed by atoms with Gasteiger partial charge in [-0.05, 0) is 73.2 Å². The zero-order chi connectivity index (χ0) is 27.8. The van der Waals surface area contributed by atoms with Gasteiger partial charge in [0.1, 0.15) is 17.5 Å². The summed E-state index contributed by atoms with van der Waals surface area (Å²) in [6.07, 6.45) is 5.91. The van der Waals surface area contributed by atoms with Crippen LogP contribution in [0, 0.1) is 5.92 Å². The average molecular weight is 537 g/mol. The van der Waals surface area contributed by atoms with E-state index in [-0.39, 0.29) is 12.1 Å². The normalized spacial score (nSPS) is 21.1. The molecule has 2 bridgehead atoms. The minimum atomic E-state index is -0.458. The molecule has 2 saturated heterocycles. The number of aromatic nitrogens is 2. The van der Waals surface area contributed by atoms with Crippen molar-refractivity contribution in [1.82, 2.24) is 14.7 Å². The van der Waals surface area contributed by atoms with Gasteiger partial charge in [0.25, 0.3) is 0 Å². The Morgan fingerprint density at radius 3 is 2.35 bits per heavy atom. The Morgan fingerprint density at radius 1 is 1.02 bits per heavy atom. The molecular formula is C33H36N4O3. The molecule has 2 aliphatic rings. The van der Waals surface area contributed by atoms with Crippen LogP contribution >= 0.6 is 0 Å². The number of primary amides is 1. The molecule has 3 atom stereocenters. The highest BCUT2D eigenvalue weighted by atomic mass is 16.5. The fraction of sp³-hybridized carbons (Fsp3) is 0.364. The van der Waals surface area contributed by atoms with E-state index in [4.69, 9.17) is 15.6 Å². The summed E-state index contributed by atoms with van der Waals surface area (Å²) in [4.78, 5) is 25.5. The van der Waals surface area contributed by atoms with E-state index in [1.165, 1.54) is 5.56 Å². The van der Waals surface area contributed by atoms with Gasteiger partial charge in [0.05, 0.1) is 11.6 Å². The lowest BCUT2D eigenvalue weighted by Gasteiger charge is -2.36. The number of hydrogen-bond acceptors (Lipinski definition) is 4. The minimum Gasteiger partial charge on any atom is -0.490 e. The van der Waals surface area contributed by atoms with E-state index in [1.54, 1.807) is 6.07 Å². The quantitative estimate of drug-likeness (QED) is 0.267. The first-order chi connectivity index (χ1) is 19.4. The lowest BCUT2D eigenvalue weighted by atomic mass is 9.97. The highest BCUT2D eigenvalue weighted by Gasteiger charge is 2.40. The van der Waals surface area contributed by atoms with Gasteiger partial charge in [-0.3, -0.25) is 14.3 Å². The fourth-order valence-corrected chi connectivity index (χ4v) is 6.56. The average Bonchev–Trinajstić information content (AvgIpc) is 3.46. The van der Waals surface area contributed by atoms with Gasteiger partial charge < -0.3 is 15.4 Å². The predicted octanol–water partition coefficient (Wildman–Crippen LogP) is 5.97. The zero-order valence-corrected chi connectivity index (χ0v) is 23.1. The van der Waals surface area contributed by atoms with Crippen LogP contribution in [0.1, 0.15) is 67.9 Å². The van der Waals surface area contributed by atoms with E-state index in [9.17, 15) is 9.59 Å². The maximum absolute atomic E-state index is 12.1. The van der Waals surface area contributed by atoms with Crippen LogP contribution in [-0.2, 0) is 4.79 Å². The Morgan fingerprint density at radius 2 is 1.73 bits per heavy atom. The number of ether oxygens (including phenoxy) is 1. The maximum atomic E-state index is 12.1. The zero-order valence-electron chi connectivity index (χ0n) is 23.1. The van der Waals surface area contributed by atoms with Crippen molar-refractivity contribution in [1.29, 1.82) is 0 Å². The van der Waals surface area contributed by atoms with E-state index in [1.807, 2.05) is 47.4 Å². The Bertz CT molecular complexity index is 1500. The van der Waals surface area contributed by atoms with Crippen molar-refractivity contribution in [3.05, 3.63) is 83.9 Å². The number of hydrogen-bond donors (Lipinski definition) is 1. The fourth-order valence-electron chi connectivity index (χ4n) is 6.56. The molecule has 2 fully saturated rings. The summed E-state index contributed by atoms with van der Waals surface area (Å²) in [5.41, 5.74) is 10.0. The SMILES string of the molecule is CC(C)CC(c1ccccc1)n1nc(-c2ccc(OC3CC4CCC(C3)N4C=O)cc2)c2cc(C(N)=O)ccc21. The topological polar surface area (TPSA) is 90.4 Å². The molecule has 2 amide bonds. The van der Waals surface area contributed by atoms with Crippen LogP contribution in [0.25, 0.3) is 22.2 Å². The molecule has 206 valence electrons. The first kappa shape index (κ1) is 26.1. The van der Waals surface area contributed by atoms with Crippen molar-refractivity contribution >= 4 is 23.2 Å². The van der Waals surface area contributed by atoms with Gasteiger partial charge in [-0.15, -0.1) is 0 Å². The summed E-state index contributed by atoms with van der Waals surface area (Å²) in [5, 5.41) is 6.06. The highest BCUT2D eigenvalue weighted by molar-refractivity contribution is 6.01. The molecule has 1 aromatic heterocycles.